The summed E-state index contributed by atoms with van der Waals surface area (Å²) in [5.74, 6) is 0.253. The molecule has 6 nitrogen and oxygen atoms in total. The quantitative estimate of drug-likeness (QED) is 0.792. The first-order chi connectivity index (χ1) is 10.2. The zero-order chi connectivity index (χ0) is 14.8. The Bertz CT molecular complexity index is 708. The number of nitrogens with zero attached hydrogens (tertiary/aromatic N) is 2. The van der Waals surface area contributed by atoms with Crippen molar-refractivity contribution in [2.24, 2.45) is 0 Å². The number of thioether (sulfide) groups is 1. The molecule has 21 heavy (non-hydrogen) atoms. The molecule has 2 aromatic rings. The van der Waals surface area contributed by atoms with Gasteiger partial charge in [-0.2, -0.15) is 0 Å². The highest BCUT2D eigenvalue weighted by Gasteiger charge is 2.27. The van der Waals surface area contributed by atoms with Crippen LogP contribution in [0.4, 0.5) is 0 Å². The van der Waals surface area contributed by atoms with E-state index >= 15 is 0 Å². The fraction of sp³-hybridized carbons (Fsp3) is 0.429. The summed E-state index contributed by atoms with van der Waals surface area (Å²) in [5.41, 5.74) is 1.36. The van der Waals surface area contributed by atoms with E-state index in [0.29, 0.717) is 18.8 Å². The number of oxazole rings is 1. The maximum Gasteiger partial charge on any atom is 0.421 e. The fourth-order valence-corrected chi connectivity index (χ4v) is 3.65. The lowest BCUT2D eigenvalue weighted by molar-refractivity contribution is -0.140. The van der Waals surface area contributed by atoms with Gasteiger partial charge in [-0.3, -0.25) is 14.3 Å². The zero-order valence-corrected chi connectivity index (χ0v) is 12.5. The van der Waals surface area contributed by atoms with E-state index < -0.39 is 0 Å². The Morgan fingerprint density at radius 3 is 3.10 bits per heavy atom. The van der Waals surface area contributed by atoms with E-state index in [9.17, 15) is 9.59 Å². The molecule has 1 aromatic heterocycles. The lowest BCUT2D eigenvalue weighted by Gasteiger charge is -2.30. The molecular formula is C14H16N2O4S. The van der Waals surface area contributed by atoms with Crippen LogP contribution in [0.15, 0.2) is 33.5 Å². The molecule has 1 fully saturated rings. The molecule has 0 aliphatic carbocycles. The number of para-hydroxylation sites is 2. The van der Waals surface area contributed by atoms with E-state index in [1.54, 1.807) is 22.4 Å². The molecule has 1 aliphatic rings. The minimum atomic E-state index is -0.371. The second kappa shape index (κ2) is 5.95. The molecule has 1 aromatic carbocycles. The second-order valence-corrected chi connectivity index (χ2v) is 6.18. The molecule has 1 aliphatic heterocycles. The number of hydrogen-bond donors (Lipinski definition) is 0. The van der Waals surface area contributed by atoms with Crippen LogP contribution in [0.2, 0.25) is 0 Å². The standard InChI is InChI=1S/C14H16N2O4S/c1-19-13(17)12-8-15(6-7-21-12)9-16-10-4-2-3-5-11(10)20-14(16)18/h2-5,12H,6-9H2,1H3/t12-/m1/s1. The van der Waals surface area contributed by atoms with Crippen LogP contribution >= 0.6 is 11.8 Å². The number of ether oxygens (including phenoxy) is 1. The average molecular weight is 308 g/mol. The van der Waals surface area contributed by atoms with E-state index in [2.05, 4.69) is 4.90 Å². The fourth-order valence-electron chi connectivity index (χ4n) is 2.45. The molecule has 1 atom stereocenters. The van der Waals surface area contributed by atoms with Gasteiger partial charge in [0, 0.05) is 18.8 Å². The predicted octanol–water partition coefficient (Wildman–Crippen LogP) is 1.14. The Morgan fingerprint density at radius 2 is 2.29 bits per heavy atom. The third-order valence-corrected chi connectivity index (χ3v) is 4.69. The maximum absolute atomic E-state index is 12.0. The van der Waals surface area contributed by atoms with Gasteiger partial charge in [0.25, 0.3) is 0 Å². The first-order valence-electron chi connectivity index (χ1n) is 6.69. The number of carbonyl (C=O) groups is 1. The normalized spacial score (nSPS) is 19.8. The average Bonchev–Trinajstić information content (AvgIpc) is 2.83. The summed E-state index contributed by atoms with van der Waals surface area (Å²) in [6.45, 7) is 1.82. The van der Waals surface area contributed by atoms with Crippen LogP contribution in [-0.2, 0) is 16.2 Å². The first-order valence-corrected chi connectivity index (χ1v) is 7.74. The number of hydrogen-bond acceptors (Lipinski definition) is 6. The van der Waals surface area contributed by atoms with Gasteiger partial charge in [0.05, 0.1) is 19.3 Å². The van der Waals surface area contributed by atoms with Gasteiger partial charge in [-0.25, -0.2) is 4.79 Å². The number of carbonyl (C=O) groups excluding carboxylic acids is 1. The number of methoxy groups -OCH3 is 1. The largest absolute Gasteiger partial charge is 0.468 e. The van der Waals surface area contributed by atoms with Crippen LogP contribution in [0.1, 0.15) is 0 Å². The van der Waals surface area contributed by atoms with Crippen molar-refractivity contribution >= 4 is 28.8 Å². The topological polar surface area (TPSA) is 64.7 Å². The summed E-state index contributed by atoms with van der Waals surface area (Å²) in [6.07, 6.45) is 0. The van der Waals surface area contributed by atoms with Crippen molar-refractivity contribution in [2.75, 3.05) is 26.0 Å². The molecule has 1 saturated heterocycles. The highest BCUT2D eigenvalue weighted by atomic mass is 32.2. The molecule has 0 radical (unpaired) electrons. The molecule has 0 unspecified atom stereocenters. The summed E-state index contributed by atoms with van der Waals surface area (Å²) in [5, 5.41) is -0.197. The monoisotopic (exact) mass is 308 g/mol. The molecule has 0 bridgehead atoms. The number of esters is 1. The van der Waals surface area contributed by atoms with E-state index in [1.807, 2.05) is 18.2 Å². The maximum atomic E-state index is 12.0. The molecular weight excluding hydrogens is 292 g/mol. The molecule has 0 N–H and O–H groups in total. The van der Waals surface area contributed by atoms with E-state index in [4.69, 9.17) is 9.15 Å². The Kier molecular flexibility index (Phi) is 4.03. The molecule has 112 valence electrons. The summed E-state index contributed by atoms with van der Waals surface area (Å²) in [4.78, 5) is 25.7. The summed E-state index contributed by atoms with van der Waals surface area (Å²) in [7, 11) is 1.40. The highest BCUT2D eigenvalue weighted by Crippen LogP contribution is 2.21. The SMILES string of the molecule is COC(=O)[C@H]1CN(Cn2c(=O)oc3ccccc32)CCS1. The minimum Gasteiger partial charge on any atom is -0.468 e. The van der Waals surface area contributed by atoms with Gasteiger partial charge < -0.3 is 9.15 Å². The van der Waals surface area contributed by atoms with Crippen molar-refractivity contribution in [2.45, 2.75) is 11.9 Å². The zero-order valence-electron chi connectivity index (χ0n) is 11.7. The summed E-state index contributed by atoms with van der Waals surface area (Å²) in [6, 6.07) is 7.34. The molecule has 0 amide bonds. The minimum absolute atomic E-state index is 0.197. The van der Waals surface area contributed by atoms with Crippen LogP contribution in [0.5, 0.6) is 0 Å². The third kappa shape index (κ3) is 2.84. The van der Waals surface area contributed by atoms with Gasteiger partial charge in [-0.15, -0.1) is 11.8 Å². The second-order valence-electron chi connectivity index (χ2n) is 4.86. The number of rotatable bonds is 3. The van der Waals surface area contributed by atoms with Crippen LogP contribution in [0.25, 0.3) is 11.1 Å². The van der Waals surface area contributed by atoms with Crippen molar-refractivity contribution in [3.63, 3.8) is 0 Å². The van der Waals surface area contributed by atoms with Crippen molar-refractivity contribution < 1.29 is 13.9 Å². The number of fused-ring (bicyclic) bond motifs is 1. The van der Waals surface area contributed by atoms with Crippen LogP contribution < -0.4 is 5.76 Å². The lowest BCUT2D eigenvalue weighted by atomic mass is 10.3. The lowest BCUT2D eigenvalue weighted by Crippen LogP contribution is -2.43. The van der Waals surface area contributed by atoms with Gasteiger partial charge in [0.15, 0.2) is 5.58 Å². The Morgan fingerprint density at radius 1 is 1.48 bits per heavy atom. The molecule has 3 rings (SSSR count). The summed E-state index contributed by atoms with van der Waals surface area (Å²) >= 11 is 1.59. The molecule has 0 spiro atoms. The first kappa shape index (κ1) is 14.2. The van der Waals surface area contributed by atoms with E-state index in [-0.39, 0.29) is 17.0 Å². The number of benzene rings is 1. The van der Waals surface area contributed by atoms with Crippen molar-refractivity contribution in [3.05, 3.63) is 34.8 Å². The summed E-state index contributed by atoms with van der Waals surface area (Å²) < 4.78 is 11.6. The molecule has 0 saturated carbocycles. The van der Waals surface area contributed by atoms with Gasteiger partial charge >= 0.3 is 11.7 Å². The van der Waals surface area contributed by atoms with Crippen LogP contribution in [0.3, 0.4) is 0 Å². The van der Waals surface area contributed by atoms with Crippen molar-refractivity contribution in [1.29, 1.82) is 0 Å². The van der Waals surface area contributed by atoms with Gasteiger partial charge in [-0.05, 0) is 12.1 Å². The van der Waals surface area contributed by atoms with E-state index in [0.717, 1.165) is 17.8 Å². The highest BCUT2D eigenvalue weighted by molar-refractivity contribution is 8.00. The van der Waals surface area contributed by atoms with Gasteiger partial charge in [-0.1, -0.05) is 12.1 Å². The Hall–Kier alpha value is -1.73. The van der Waals surface area contributed by atoms with Crippen molar-refractivity contribution in [1.82, 2.24) is 9.47 Å². The van der Waals surface area contributed by atoms with Gasteiger partial charge in [0.1, 0.15) is 5.25 Å². The van der Waals surface area contributed by atoms with Crippen molar-refractivity contribution in [3.8, 4) is 0 Å². The van der Waals surface area contributed by atoms with Crippen LogP contribution in [-0.4, -0.2) is 46.6 Å². The molecule has 7 heteroatoms. The van der Waals surface area contributed by atoms with E-state index in [1.165, 1.54) is 7.11 Å². The predicted molar refractivity (Wildman–Crippen MR) is 80.3 cm³/mol. The smallest absolute Gasteiger partial charge is 0.421 e. The Labute approximate surface area is 125 Å². The number of aromatic nitrogens is 1. The molecule has 2 heterocycles. The third-order valence-electron chi connectivity index (χ3n) is 3.53. The Balaban J connectivity index is 1.80. The van der Waals surface area contributed by atoms with Gasteiger partial charge in [0.2, 0.25) is 0 Å². The van der Waals surface area contributed by atoms with Crippen LogP contribution in [0, 0.1) is 0 Å².